The van der Waals surface area contributed by atoms with Crippen LogP contribution in [-0.4, -0.2) is 35.4 Å². The van der Waals surface area contributed by atoms with Gasteiger partial charge in [-0.25, -0.2) is 13.8 Å². The summed E-state index contributed by atoms with van der Waals surface area (Å²) < 4.78 is 34.1. The first-order valence-electron chi connectivity index (χ1n) is 9.24. The van der Waals surface area contributed by atoms with E-state index in [1.807, 2.05) is 6.07 Å². The van der Waals surface area contributed by atoms with Gasteiger partial charge in [-0.2, -0.15) is 0 Å². The van der Waals surface area contributed by atoms with E-state index in [2.05, 4.69) is 5.32 Å². The van der Waals surface area contributed by atoms with Crippen LogP contribution in [0.25, 0.3) is 0 Å². The van der Waals surface area contributed by atoms with E-state index >= 15 is 0 Å². The van der Waals surface area contributed by atoms with E-state index in [-0.39, 0.29) is 30.1 Å². The average molecular weight is 437 g/mol. The summed E-state index contributed by atoms with van der Waals surface area (Å²) in [6.07, 6.45) is 0.464. The summed E-state index contributed by atoms with van der Waals surface area (Å²) in [6, 6.07) is 12.3. The number of ether oxygens (including phenoxy) is 1. The molecule has 1 fully saturated rings. The van der Waals surface area contributed by atoms with Crippen molar-refractivity contribution in [1.29, 1.82) is 0 Å². The second-order valence-electron chi connectivity index (χ2n) is 7.12. The molecule has 4 rings (SSSR count). The van der Waals surface area contributed by atoms with Crippen LogP contribution in [0, 0.1) is 17.6 Å². The number of thioether (sulfide) groups is 1. The Morgan fingerprint density at radius 2 is 2.07 bits per heavy atom. The molecule has 0 unspecified atom stereocenters. The molecule has 0 aromatic heterocycles. The van der Waals surface area contributed by atoms with Crippen molar-refractivity contribution in [3.05, 3.63) is 71.3 Å². The number of rotatable bonds is 3. The van der Waals surface area contributed by atoms with E-state index in [4.69, 9.17) is 21.3 Å². The number of halogens is 3. The molecular weight excluding hydrogens is 418 g/mol. The number of hydrogen-bond acceptors (Lipinski definition) is 4. The minimum Gasteiger partial charge on any atom is -0.374 e. The number of amides is 1. The second kappa shape index (κ2) is 8.42. The molecule has 2 aliphatic rings. The predicted molar refractivity (Wildman–Crippen MR) is 110 cm³/mol. The highest BCUT2D eigenvalue weighted by atomic mass is 35.5. The fourth-order valence-corrected chi connectivity index (χ4v) is 5.17. The number of nitrogens with zero attached hydrogens (tertiary/aromatic N) is 1. The molecule has 152 valence electrons. The van der Waals surface area contributed by atoms with Gasteiger partial charge in [0.1, 0.15) is 17.2 Å². The lowest BCUT2D eigenvalue weighted by Gasteiger charge is -2.46. The first kappa shape index (κ1) is 20.3. The normalized spacial score (nSPS) is 26.4. The predicted octanol–water partition coefficient (Wildman–Crippen LogP) is 4.34. The molecular formula is C21H19ClF2N2O2S. The summed E-state index contributed by atoms with van der Waals surface area (Å²) >= 11 is 7.38. The van der Waals surface area contributed by atoms with Crippen LogP contribution >= 0.6 is 23.4 Å². The summed E-state index contributed by atoms with van der Waals surface area (Å²) in [4.78, 5) is 17.3. The topological polar surface area (TPSA) is 50.7 Å². The molecule has 2 heterocycles. The van der Waals surface area contributed by atoms with E-state index in [0.717, 1.165) is 6.07 Å². The number of amidine groups is 1. The van der Waals surface area contributed by atoms with Crippen molar-refractivity contribution < 1.29 is 18.3 Å². The molecule has 2 aliphatic heterocycles. The quantitative estimate of drug-likeness (QED) is 0.728. The zero-order valence-electron chi connectivity index (χ0n) is 15.4. The summed E-state index contributed by atoms with van der Waals surface area (Å²) in [5, 5.41) is 3.21. The van der Waals surface area contributed by atoms with Crippen LogP contribution in [0.2, 0.25) is 0 Å². The van der Waals surface area contributed by atoms with Crippen molar-refractivity contribution in [1.82, 2.24) is 5.32 Å². The van der Waals surface area contributed by atoms with Crippen molar-refractivity contribution in [3.63, 3.8) is 0 Å². The fraction of sp³-hybridized carbons (Fsp3) is 0.333. The lowest BCUT2D eigenvalue weighted by atomic mass is 9.75. The maximum absolute atomic E-state index is 14.7. The highest BCUT2D eigenvalue weighted by molar-refractivity contribution is 8.13. The van der Waals surface area contributed by atoms with Crippen LogP contribution in [-0.2, 0) is 10.3 Å². The Labute approximate surface area is 176 Å². The highest BCUT2D eigenvalue weighted by Gasteiger charge is 2.49. The van der Waals surface area contributed by atoms with E-state index in [0.29, 0.717) is 28.8 Å². The molecule has 0 aliphatic carbocycles. The Hall–Kier alpha value is -1.96. The van der Waals surface area contributed by atoms with Gasteiger partial charge in [0.15, 0.2) is 5.17 Å². The maximum Gasteiger partial charge on any atom is 0.257 e. The maximum atomic E-state index is 14.7. The molecule has 29 heavy (non-hydrogen) atoms. The highest BCUT2D eigenvalue weighted by Crippen LogP contribution is 2.47. The first-order valence-corrected chi connectivity index (χ1v) is 10.8. The molecule has 3 atom stereocenters. The monoisotopic (exact) mass is 436 g/mol. The Morgan fingerprint density at radius 3 is 2.79 bits per heavy atom. The Balaban J connectivity index is 1.70. The molecule has 0 saturated carbocycles. The molecule has 1 N–H and O–H groups in total. The number of nitrogens with one attached hydrogen (secondary N) is 1. The standard InChI is InChI=1S/C21H19ClF2N2O2S/c22-10-16-8-14-11-29-20(25-19(27)13-4-2-1-3-5-13)26-21(14,12-28-16)17-7-6-15(23)9-18(17)24/h1-7,9,14,16H,8,10-12H2,(H,25,26,27)/t14-,16+,21-/m0/s1. The number of aliphatic imine (C=N–C) groups is 1. The smallest absolute Gasteiger partial charge is 0.257 e. The Kier molecular flexibility index (Phi) is 5.90. The Bertz CT molecular complexity index is 944. The number of hydrogen-bond donors (Lipinski definition) is 1. The molecule has 2 aromatic rings. The SMILES string of the molecule is O=C(NC1=N[C@@]2(c3ccc(F)cc3F)CO[C@@H](CCl)C[C@H]2CS1)c1ccccc1. The van der Waals surface area contributed by atoms with Gasteiger partial charge < -0.3 is 10.1 Å². The van der Waals surface area contributed by atoms with Gasteiger partial charge in [-0.05, 0) is 24.6 Å². The molecule has 1 saturated heterocycles. The largest absolute Gasteiger partial charge is 0.374 e. The fourth-order valence-electron chi connectivity index (χ4n) is 3.79. The van der Waals surface area contributed by atoms with E-state index in [1.165, 1.54) is 23.9 Å². The van der Waals surface area contributed by atoms with Crippen LogP contribution in [0.15, 0.2) is 53.5 Å². The van der Waals surface area contributed by atoms with E-state index in [9.17, 15) is 13.6 Å². The molecule has 4 nitrogen and oxygen atoms in total. The van der Waals surface area contributed by atoms with Crippen LogP contribution in [0.5, 0.6) is 0 Å². The summed E-state index contributed by atoms with van der Waals surface area (Å²) in [5.41, 5.74) is -0.268. The average Bonchev–Trinajstić information content (AvgIpc) is 2.73. The molecule has 1 amide bonds. The summed E-state index contributed by atoms with van der Waals surface area (Å²) in [7, 11) is 0. The van der Waals surface area contributed by atoms with Gasteiger partial charge in [0.25, 0.3) is 5.91 Å². The first-order chi connectivity index (χ1) is 14.0. The number of fused-ring (bicyclic) bond motifs is 1. The second-order valence-corrected chi connectivity index (χ2v) is 8.43. The lowest BCUT2D eigenvalue weighted by Crippen LogP contribution is -2.51. The van der Waals surface area contributed by atoms with Crippen molar-refractivity contribution in [2.45, 2.75) is 18.1 Å². The molecule has 0 bridgehead atoms. The third-order valence-electron chi connectivity index (χ3n) is 5.31. The van der Waals surface area contributed by atoms with Crippen molar-refractivity contribution in [2.24, 2.45) is 10.9 Å². The zero-order chi connectivity index (χ0) is 20.4. The molecule has 2 aromatic carbocycles. The molecule has 8 heteroatoms. The third-order valence-corrected chi connectivity index (χ3v) is 6.69. The minimum atomic E-state index is -1.04. The van der Waals surface area contributed by atoms with Gasteiger partial charge in [-0.1, -0.05) is 36.0 Å². The molecule has 0 radical (unpaired) electrons. The van der Waals surface area contributed by atoms with Crippen LogP contribution in [0.1, 0.15) is 22.3 Å². The van der Waals surface area contributed by atoms with Gasteiger partial charge in [0, 0.05) is 34.7 Å². The van der Waals surface area contributed by atoms with Gasteiger partial charge in [0.2, 0.25) is 0 Å². The van der Waals surface area contributed by atoms with Crippen LogP contribution < -0.4 is 5.32 Å². The number of carbonyl (C=O) groups excluding carboxylic acids is 1. The lowest BCUT2D eigenvalue weighted by molar-refractivity contribution is -0.0461. The van der Waals surface area contributed by atoms with E-state index < -0.39 is 17.2 Å². The zero-order valence-corrected chi connectivity index (χ0v) is 17.0. The van der Waals surface area contributed by atoms with Gasteiger partial charge >= 0.3 is 0 Å². The van der Waals surface area contributed by atoms with Gasteiger partial charge in [-0.3, -0.25) is 4.79 Å². The minimum absolute atomic E-state index is 0.0534. The molecule has 0 spiro atoms. The van der Waals surface area contributed by atoms with Crippen molar-refractivity contribution >= 4 is 34.4 Å². The number of alkyl halides is 1. The summed E-state index contributed by atoms with van der Waals surface area (Å²) in [5.74, 6) is -0.720. The van der Waals surface area contributed by atoms with Gasteiger partial charge in [0.05, 0.1) is 12.7 Å². The summed E-state index contributed by atoms with van der Waals surface area (Å²) in [6.45, 7) is 0.114. The van der Waals surface area contributed by atoms with Crippen LogP contribution in [0.4, 0.5) is 8.78 Å². The van der Waals surface area contributed by atoms with E-state index in [1.54, 1.807) is 24.3 Å². The van der Waals surface area contributed by atoms with Crippen molar-refractivity contribution in [2.75, 3.05) is 18.2 Å². The number of carbonyl (C=O) groups is 1. The number of benzene rings is 2. The van der Waals surface area contributed by atoms with Gasteiger partial charge in [-0.15, -0.1) is 11.6 Å². The van der Waals surface area contributed by atoms with Crippen molar-refractivity contribution in [3.8, 4) is 0 Å². The van der Waals surface area contributed by atoms with Crippen LogP contribution in [0.3, 0.4) is 0 Å². The Morgan fingerprint density at radius 1 is 1.28 bits per heavy atom. The third kappa shape index (κ3) is 4.04.